The van der Waals surface area contributed by atoms with Gasteiger partial charge in [0.2, 0.25) is 10.0 Å². The SMILES string of the molecule is CCS(=O)(=O)N(C)c1ccc(C(=O)NC(C)(C)CC(C)(C)C)cc1. The Kier molecular flexibility index (Phi) is 6.09. The molecular formula is C18H30N2O3S. The lowest BCUT2D eigenvalue weighted by molar-refractivity contribution is 0.0891. The quantitative estimate of drug-likeness (QED) is 0.851. The Bertz CT molecular complexity index is 671. The fourth-order valence-electron chi connectivity index (χ4n) is 2.93. The molecule has 1 amide bonds. The molecule has 0 saturated heterocycles. The first-order chi connectivity index (χ1) is 10.8. The van der Waals surface area contributed by atoms with Crippen LogP contribution in [0.25, 0.3) is 0 Å². The van der Waals surface area contributed by atoms with Crippen molar-refractivity contribution in [2.45, 2.75) is 53.5 Å². The lowest BCUT2D eigenvalue weighted by Gasteiger charge is -2.33. The van der Waals surface area contributed by atoms with E-state index in [9.17, 15) is 13.2 Å². The molecule has 136 valence electrons. The Morgan fingerprint density at radius 2 is 1.58 bits per heavy atom. The molecule has 1 aromatic carbocycles. The van der Waals surface area contributed by atoms with Crippen molar-refractivity contribution < 1.29 is 13.2 Å². The molecule has 0 atom stereocenters. The van der Waals surface area contributed by atoms with Gasteiger partial charge in [-0.3, -0.25) is 9.10 Å². The fourth-order valence-corrected chi connectivity index (χ4v) is 3.76. The Hall–Kier alpha value is -1.56. The van der Waals surface area contributed by atoms with Crippen molar-refractivity contribution >= 4 is 21.6 Å². The van der Waals surface area contributed by atoms with Crippen molar-refractivity contribution in [2.24, 2.45) is 5.41 Å². The van der Waals surface area contributed by atoms with Gasteiger partial charge >= 0.3 is 0 Å². The number of hydrogen-bond donors (Lipinski definition) is 1. The standard InChI is InChI=1S/C18H30N2O3S/c1-8-24(22,23)20(7)15-11-9-14(10-12-15)16(21)19-18(5,6)13-17(2,3)4/h9-12H,8,13H2,1-7H3,(H,19,21). The molecule has 0 aliphatic heterocycles. The summed E-state index contributed by atoms with van der Waals surface area (Å²) >= 11 is 0. The number of carbonyl (C=O) groups excluding carboxylic acids is 1. The van der Waals surface area contributed by atoms with E-state index in [0.29, 0.717) is 11.3 Å². The highest BCUT2D eigenvalue weighted by atomic mass is 32.2. The van der Waals surface area contributed by atoms with Crippen LogP contribution >= 0.6 is 0 Å². The van der Waals surface area contributed by atoms with Gasteiger partial charge in [0, 0.05) is 18.2 Å². The summed E-state index contributed by atoms with van der Waals surface area (Å²) < 4.78 is 25.0. The van der Waals surface area contributed by atoms with Crippen molar-refractivity contribution in [2.75, 3.05) is 17.1 Å². The highest BCUT2D eigenvalue weighted by molar-refractivity contribution is 7.92. The van der Waals surface area contributed by atoms with Gasteiger partial charge in [0.25, 0.3) is 5.91 Å². The Morgan fingerprint density at radius 1 is 1.08 bits per heavy atom. The van der Waals surface area contributed by atoms with Gasteiger partial charge in [-0.15, -0.1) is 0 Å². The maximum atomic E-state index is 12.4. The molecule has 1 rings (SSSR count). The van der Waals surface area contributed by atoms with E-state index in [2.05, 4.69) is 26.1 Å². The Labute approximate surface area is 146 Å². The minimum absolute atomic E-state index is 0.0345. The molecule has 1 aromatic rings. The van der Waals surface area contributed by atoms with Crippen LogP contribution in [-0.2, 0) is 10.0 Å². The average molecular weight is 355 g/mol. The molecule has 5 nitrogen and oxygen atoms in total. The van der Waals surface area contributed by atoms with Crippen LogP contribution in [0.2, 0.25) is 0 Å². The van der Waals surface area contributed by atoms with E-state index >= 15 is 0 Å². The number of sulfonamides is 1. The largest absolute Gasteiger partial charge is 0.347 e. The molecule has 0 saturated carbocycles. The van der Waals surface area contributed by atoms with E-state index in [1.54, 1.807) is 31.2 Å². The van der Waals surface area contributed by atoms with Crippen LogP contribution in [0.3, 0.4) is 0 Å². The third-order valence-electron chi connectivity index (χ3n) is 3.70. The first-order valence-corrected chi connectivity index (χ1v) is 9.77. The number of nitrogens with one attached hydrogen (secondary N) is 1. The van der Waals surface area contributed by atoms with E-state index in [0.717, 1.165) is 6.42 Å². The molecule has 1 N–H and O–H groups in total. The van der Waals surface area contributed by atoms with Crippen LogP contribution < -0.4 is 9.62 Å². The normalized spacial score (nSPS) is 12.8. The number of rotatable bonds is 6. The number of anilines is 1. The van der Waals surface area contributed by atoms with E-state index in [4.69, 9.17) is 0 Å². The number of carbonyl (C=O) groups is 1. The van der Waals surface area contributed by atoms with E-state index in [-0.39, 0.29) is 22.6 Å². The first-order valence-electron chi connectivity index (χ1n) is 8.17. The number of hydrogen-bond acceptors (Lipinski definition) is 3. The molecule has 6 heteroatoms. The number of amides is 1. The van der Waals surface area contributed by atoms with Gasteiger partial charge < -0.3 is 5.32 Å². The second-order valence-electron chi connectivity index (χ2n) is 7.99. The molecule has 0 bridgehead atoms. The van der Waals surface area contributed by atoms with Crippen LogP contribution in [0.4, 0.5) is 5.69 Å². The van der Waals surface area contributed by atoms with Gasteiger partial charge in [0.1, 0.15) is 0 Å². The molecule has 0 aliphatic rings. The minimum Gasteiger partial charge on any atom is -0.347 e. The number of nitrogens with zero attached hydrogens (tertiary/aromatic N) is 1. The zero-order valence-corrected chi connectivity index (χ0v) is 16.6. The predicted octanol–water partition coefficient (Wildman–Crippen LogP) is 3.42. The Balaban J connectivity index is 2.88. The lowest BCUT2D eigenvalue weighted by atomic mass is 9.81. The minimum atomic E-state index is -3.30. The van der Waals surface area contributed by atoms with Crippen molar-refractivity contribution in [3.63, 3.8) is 0 Å². The van der Waals surface area contributed by atoms with E-state index in [1.807, 2.05) is 13.8 Å². The monoisotopic (exact) mass is 354 g/mol. The third-order valence-corrected chi connectivity index (χ3v) is 5.47. The lowest BCUT2D eigenvalue weighted by Crippen LogP contribution is -2.45. The summed E-state index contributed by atoms with van der Waals surface area (Å²) in [4.78, 5) is 12.4. The third kappa shape index (κ3) is 5.82. The molecule has 0 fully saturated rings. The highest BCUT2D eigenvalue weighted by Crippen LogP contribution is 2.27. The Morgan fingerprint density at radius 3 is 2.00 bits per heavy atom. The van der Waals surface area contributed by atoms with Crippen LogP contribution in [0.1, 0.15) is 58.3 Å². The maximum Gasteiger partial charge on any atom is 0.251 e. The summed E-state index contributed by atoms with van der Waals surface area (Å²) in [6.07, 6.45) is 0.849. The van der Waals surface area contributed by atoms with Crippen LogP contribution in [-0.4, -0.2) is 32.7 Å². The van der Waals surface area contributed by atoms with Gasteiger partial charge in [0.15, 0.2) is 0 Å². The molecular weight excluding hydrogens is 324 g/mol. The molecule has 0 unspecified atom stereocenters. The summed E-state index contributed by atoms with van der Waals surface area (Å²) in [6, 6.07) is 6.61. The zero-order chi connectivity index (χ0) is 18.8. The molecule has 0 aromatic heterocycles. The highest BCUT2D eigenvalue weighted by Gasteiger charge is 2.27. The smallest absolute Gasteiger partial charge is 0.251 e. The summed E-state index contributed by atoms with van der Waals surface area (Å²) in [6.45, 7) is 12.0. The van der Waals surface area contributed by atoms with Crippen molar-refractivity contribution in [1.29, 1.82) is 0 Å². The second-order valence-corrected chi connectivity index (χ2v) is 10.3. The summed E-state index contributed by atoms with van der Waals surface area (Å²) in [7, 11) is -1.79. The van der Waals surface area contributed by atoms with Crippen LogP contribution in [0.5, 0.6) is 0 Å². The van der Waals surface area contributed by atoms with Gasteiger partial charge in [-0.05, 0) is 56.9 Å². The van der Waals surface area contributed by atoms with Gasteiger partial charge in [-0.2, -0.15) is 0 Å². The fraction of sp³-hybridized carbons (Fsp3) is 0.611. The van der Waals surface area contributed by atoms with Crippen LogP contribution in [0, 0.1) is 5.41 Å². The second kappa shape index (κ2) is 7.13. The predicted molar refractivity (Wildman–Crippen MR) is 99.9 cm³/mol. The van der Waals surface area contributed by atoms with Crippen LogP contribution in [0.15, 0.2) is 24.3 Å². The summed E-state index contributed by atoms with van der Waals surface area (Å²) in [5.74, 6) is -0.121. The molecule has 0 spiro atoms. The van der Waals surface area contributed by atoms with Gasteiger partial charge in [-0.25, -0.2) is 8.42 Å². The molecule has 0 radical (unpaired) electrons. The molecule has 0 aliphatic carbocycles. The van der Waals surface area contributed by atoms with Gasteiger partial charge in [-0.1, -0.05) is 20.8 Å². The maximum absolute atomic E-state index is 12.4. The van der Waals surface area contributed by atoms with E-state index < -0.39 is 10.0 Å². The van der Waals surface area contributed by atoms with Crippen molar-refractivity contribution in [3.8, 4) is 0 Å². The first kappa shape index (κ1) is 20.5. The van der Waals surface area contributed by atoms with Gasteiger partial charge in [0.05, 0.1) is 11.4 Å². The summed E-state index contributed by atoms with van der Waals surface area (Å²) in [5, 5.41) is 3.05. The average Bonchev–Trinajstić information content (AvgIpc) is 2.43. The van der Waals surface area contributed by atoms with Crippen molar-refractivity contribution in [3.05, 3.63) is 29.8 Å². The van der Waals surface area contributed by atoms with E-state index in [1.165, 1.54) is 11.4 Å². The summed E-state index contributed by atoms with van der Waals surface area (Å²) in [5.41, 5.74) is 0.846. The topological polar surface area (TPSA) is 66.5 Å². The van der Waals surface area contributed by atoms with Crippen molar-refractivity contribution in [1.82, 2.24) is 5.32 Å². The molecule has 0 heterocycles. The number of benzene rings is 1. The molecule has 24 heavy (non-hydrogen) atoms. The zero-order valence-electron chi connectivity index (χ0n) is 15.8.